The number of amides is 4. The van der Waals surface area contributed by atoms with Gasteiger partial charge >= 0.3 is 6.03 Å². The monoisotopic (exact) mass is 450 g/mol. The third kappa shape index (κ3) is 5.70. The number of rotatable bonds is 8. The first-order valence-electron chi connectivity index (χ1n) is 11.3. The molecule has 174 valence electrons. The summed E-state index contributed by atoms with van der Waals surface area (Å²) >= 11 is 0. The summed E-state index contributed by atoms with van der Waals surface area (Å²) < 4.78 is 5.14. The smallest absolute Gasteiger partial charge is 0.325 e. The van der Waals surface area contributed by atoms with Crippen LogP contribution in [-0.4, -0.2) is 71.9 Å². The second-order valence-corrected chi connectivity index (χ2v) is 8.46. The molecule has 2 saturated heterocycles. The summed E-state index contributed by atoms with van der Waals surface area (Å²) in [6.07, 6.45) is 0.554. The van der Waals surface area contributed by atoms with Crippen molar-refractivity contribution in [1.29, 1.82) is 0 Å². The predicted octanol–water partition coefficient (Wildman–Crippen LogP) is 2.24. The average Bonchev–Trinajstić information content (AvgIpc) is 3.11. The van der Waals surface area contributed by atoms with E-state index in [0.29, 0.717) is 25.3 Å². The molecule has 33 heavy (non-hydrogen) atoms. The highest BCUT2D eigenvalue weighted by Gasteiger charge is 2.38. The van der Waals surface area contributed by atoms with Gasteiger partial charge in [0.25, 0.3) is 5.91 Å². The van der Waals surface area contributed by atoms with Crippen molar-refractivity contribution in [3.05, 3.63) is 65.7 Å². The number of hydrogen-bond acceptors (Lipinski definition) is 5. The number of imide groups is 1. The molecule has 8 nitrogen and oxygen atoms in total. The van der Waals surface area contributed by atoms with Crippen LogP contribution in [0.1, 0.15) is 24.0 Å². The van der Waals surface area contributed by atoms with Gasteiger partial charge in [-0.15, -0.1) is 0 Å². The van der Waals surface area contributed by atoms with Crippen molar-refractivity contribution >= 4 is 17.8 Å². The number of nitrogens with zero attached hydrogens (tertiary/aromatic N) is 3. The molecule has 2 aromatic carbocycles. The number of urea groups is 1. The van der Waals surface area contributed by atoms with Gasteiger partial charge in [0.15, 0.2) is 0 Å². The lowest BCUT2D eigenvalue weighted by Gasteiger charge is -2.35. The van der Waals surface area contributed by atoms with E-state index in [9.17, 15) is 14.4 Å². The maximum atomic E-state index is 12.7. The van der Waals surface area contributed by atoms with E-state index in [1.165, 1.54) is 10.5 Å². The number of carbonyl (C=O) groups excluding carboxylic acids is 3. The number of carbonyl (C=O) groups is 3. The number of methoxy groups -OCH3 is 1. The molecule has 1 unspecified atom stereocenters. The van der Waals surface area contributed by atoms with E-state index in [-0.39, 0.29) is 24.8 Å². The number of piperazine rings is 1. The van der Waals surface area contributed by atoms with Crippen molar-refractivity contribution < 1.29 is 19.1 Å². The second kappa shape index (κ2) is 10.5. The fraction of sp³-hybridized carbons (Fsp3) is 0.400. The van der Waals surface area contributed by atoms with Crippen molar-refractivity contribution in [3.8, 4) is 5.75 Å². The summed E-state index contributed by atoms with van der Waals surface area (Å²) in [5.41, 5.74) is 2.11. The summed E-state index contributed by atoms with van der Waals surface area (Å²) in [5, 5.41) is 2.72. The molecule has 4 rings (SSSR count). The topological polar surface area (TPSA) is 82.2 Å². The van der Waals surface area contributed by atoms with Gasteiger partial charge in [-0.1, -0.05) is 42.5 Å². The Morgan fingerprint density at radius 3 is 2.27 bits per heavy atom. The van der Waals surface area contributed by atoms with Crippen molar-refractivity contribution in [2.45, 2.75) is 32.0 Å². The average molecular weight is 451 g/mol. The van der Waals surface area contributed by atoms with Gasteiger partial charge in [0.2, 0.25) is 5.91 Å². The zero-order valence-electron chi connectivity index (χ0n) is 18.9. The number of hydrogen-bond donors (Lipinski definition) is 1. The van der Waals surface area contributed by atoms with Crippen molar-refractivity contribution in [2.75, 3.05) is 33.3 Å². The summed E-state index contributed by atoms with van der Waals surface area (Å²) in [6, 6.07) is 16.5. The molecule has 2 aromatic rings. The molecule has 0 bridgehead atoms. The molecule has 8 heteroatoms. The van der Waals surface area contributed by atoms with Crippen molar-refractivity contribution in [3.63, 3.8) is 0 Å². The highest BCUT2D eigenvalue weighted by Crippen LogP contribution is 2.18. The van der Waals surface area contributed by atoms with Gasteiger partial charge in [0.05, 0.1) is 13.7 Å². The molecule has 1 atom stereocenters. The fourth-order valence-corrected chi connectivity index (χ4v) is 4.26. The first-order chi connectivity index (χ1) is 16.0. The van der Waals surface area contributed by atoms with Crippen molar-refractivity contribution in [1.82, 2.24) is 20.0 Å². The Morgan fingerprint density at radius 2 is 1.61 bits per heavy atom. The molecule has 0 spiro atoms. The Balaban J connectivity index is 1.22. The summed E-state index contributed by atoms with van der Waals surface area (Å²) in [4.78, 5) is 43.2. The molecule has 0 aromatic heterocycles. The minimum Gasteiger partial charge on any atom is -0.497 e. The molecule has 2 heterocycles. The SMILES string of the molecule is COc1ccc(CN2C(=O)NC(CCC(=O)N3CCN(Cc4ccccc4)CC3)C2=O)cc1. The van der Waals surface area contributed by atoms with Crippen LogP contribution in [0.5, 0.6) is 5.75 Å². The van der Waals surface area contributed by atoms with Gasteiger partial charge in [0.1, 0.15) is 11.8 Å². The molecular weight excluding hydrogens is 420 g/mol. The molecule has 0 saturated carbocycles. The molecule has 1 N–H and O–H groups in total. The van der Waals surface area contributed by atoms with Crippen LogP contribution in [0.3, 0.4) is 0 Å². The van der Waals surface area contributed by atoms with Gasteiger partial charge in [0, 0.05) is 39.1 Å². The van der Waals surface area contributed by atoms with E-state index in [4.69, 9.17) is 4.74 Å². The van der Waals surface area contributed by atoms with E-state index in [1.807, 2.05) is 35.2 Å². The van der Waals surface area contributed by atoms with E-state index in [2.05, 4.69) is 22.3 Å². The zero-order valence-corrected chi connectivity index (χ0v) is 18.9. The third-order valence-electron chi connectivity index (χ3n) is 6.23. The van der Waals surface area contributed by atoms with Crippen LogP contribution in [0, 0.1) is 0 Å². The second-order valence-electron chi connectivity index (χ2n) is 8.46. The third-order valence-corrected chi connectivity index (χ3v) is 6.23. The first kappa shape index (κ1) is 22.8. The first-order valence-corrected chi connectivity index (χ1v) is 11.3. The van der Waals surface area contributed by atoms with E-state index < -0.39 is 12.1 Å². The van der Waals surface area contributed by atoms with E-state index >= 15 is 0 Å². The largest absolute Gasteiger partial charge is 0.497 e. The van der Waals surface area contributed by atoms with Gasteiger partial charge in [-0.2, -0.15) is 0 Å². The lowest BCUT2D eigenvalue weighted by molar-refractivity contribution is -0.133. The van der Waals surface area contributed by atoms with Crippen LogP contribution in [0.25, 0.3) is 0 Å². The van der Waals surface area contributed by atoms with Crippen LogP contribution >= 0.6 is 0 Å². The molecule has 4 amide bonds. The summed E-state index contributed by atoms with van der Waals surface area (Å²) in [6.45, 7) is 4.10. The van der Waals surface area contributed by atoms with Gasteiger partial charge in [-0.25, -0.2) is 4.79 Å². The minimum atomic E-state index is -0.654. The summed E-state index contributed by atoms with van der Waals surface area (Å²) in [5.74, 6) is 0.467. The Hall–Kier alpha value is -3.39. The molecule has 0 aliphatic carbocycles. The highest BCUT2D eigenvalue weighted by molar-refractivity contribution is 6.04. The van der Waals surface area contributed by atoms with Crippen LogP contribution in [0.4, 0.5) is 4.79 Å². The van der Waals surface area contributed by atoms with Crippen LogP contribution < -0.4 is 10.1 Å². The van der Waals surface area contributed by atoms with Gasteiger partial charge in [-0.3, -0.25) is 19.4 Å². The predicted molar refractivity (Wildman–Crippen MR) is 123 cm³/mol. The van der Waals surface area contributed by atoms with E-state index in [0.717, 1.165) is 25.2 Å². The Kier molecular flexibility index (Phi) is 7.24. The highest BCUT2D eigenvalue weighted by atomic mass is 16.5. The minimum absolute atomic E-state index is 0.0324. The number of ether oxygens (including phenoxy) is 1. The van der Waals surface area contributed by atoms with E-state index in [1.54, 1.807) is 19.2 Å². The standard InChI is InChI=1S/C25H30N4O4/c1-33-21-9-7-20(8-10-21)18-29-24(31)22(26-25(29)32)11-12-23(30)28-15-13-27(14-16-28)17-19-5-3-2-4-6-19/h2-10,22H,11-18H2,1H3,(H,26,32). The van der Waals surface area contributed by atoms with Gasteiger partial charge < -0.3 is 15.0 Å². The Bertz CT molecular complexity index is 972. The molecule has 2 aliphatic rings. The number of nitrogens with one attached hydrogen (secondary N) is 1. The lowest BCUT2D eigenvalue weighted by Crippen LogP contribution is -2.48. The molecule has 2 fully saturated rings. The molecule has 2 aliphatic heterocycles. The number of benzene rings is 2. The van der Waals surface area contributed by atoms with Crippen LogP contribution in [0.15, 0.2) is 54.6 Å². The normalized spacial score (nSPS) is 19.0. The fourth-order valence-electron chi connectivity index (χ4n) is 4.26. The Morgan fingerprint density at radius 1 is 0.939 bits per heavy atom. The molecule has 0 radical (unpaired) electrons. The maximum absolute atomic E-state index is 12.7. The molecular formula is C25H30N4O4. The van der Waals surface area contributed by atoms with Gasteiger partial charge in [-0.05, 0) is 29.7 Å². The summed E-state index contributed by atoms with van der Waals surface area (Å²) in [7, 11) is 1.59. The maximum Gasteiger partial charge on any atom is 0.325 e. The quantitative estimate of drug-likeness (QED) is 0.624. The zero-order chi connectivity index (χ0) is 23.2. The van der Waals surface area contributed by atoms with Crippen molar-refractivity contribution in [2.24, 2.45) is 0 Å². The van der Waals surface area contributed by atoms with Crippen LogP contribution in [0.2, 0.25) is 0 Å². The lowest BCUT2D eigenvalue weighted by atomic mass is 10.1. The Labute approximate surface area is 194 Å². The van der Waals surface area contributed by atoms with Crippen LogP contribution in [-0.2, 0) is 22.7 Å².